The van der Waals surface area contributed by atoms with Crippen LogP contribution < -0.4 is 10.6 Å². The molecule has 0 saturated carbocycles. The predicted octanol–water partition coefficient (Wildman–Crippen LogP) is 1.28. The maximum absolute atomic E-state index is 13.5. The molecule has 23 heavy (non-hydrogen) atoms. The van der Waals surface area contributed by atoms with Crippen LogP contribution in [0.25, 0.3) is 0 Å². The number of nitrogens with one attached hydrogen (secondary N) is 2. The number of sulfone groups is 1. The molecule has 6 nitrogen and oxygen atoms in total. The molecule has 0 spiro atoms. The van der Waals surface area contributed by atoms with Gasteiger partial charge in [-0.05, 0) is 30.7 Å². The molecule has 1 unspecified atom stereocenters. The zero-order valence-corrected chi connectivity index (χ0v) is 13.3. The van der Waals surface area contributed by atoms with Crippen molar-refractivity contribution in [3.8, 4) is 0 Å². The fourth-order valence-electron chi connectivity index (χ4n) is 2.12. The van der Waals surface area contributed by atoms with Crippen molar-refractivity contribution in [3.05, 3.63) is 41.1 Å². The van der Waals surface area contributed by atoms with Crippen molar-refractivity contribution in [1.29, 1.82) is 0 Å². The first-order valence-corrected chi connectivity index (χ1v) is 8.73. The largest absolute Gasteiger partial charge is 0.349 e. The number of anilines is 1. The van der Waals surface area contributed by atoms with Gasteiger partial charge in [-0.15, -0.1) is 0 Å². The molecule has 1 aliphatic rings. The Morgan fingerprint density at radius 3 is 2.61 bits per heavy atom. The zero-order valence-electron chi connectivity index (χ0n) is 12.5. The summed E-state index contributed by atoms with van der Waals surface area (Å²) < 4.78 is 35.9. The Bertz CT molecular complexity index is 759. The molecule has 1 aliphatic heterocycles. The van der Waals surface area contributed by atoms with E-state index in [1.165, 1.54) is 18.2 Å². The number of hydrogen-bond donors (Lipinski definition) is 2. The molecule has 2 N–H and O–H groups in total. The molecule has 0 aliphatic carbocycles. The molecule has 1 aromatic carbocycles. The highest BCUT2D eigenvalue weighted by molar-refractivity contribution is 7.94. The second-order valence-corrected chi connectivity index (χ2v) is 7.29. The maximum atomic E-state index is 13.5. The number of aryl methyl sites for hydroxylation is 1. The van der Waals surface area contributed by atoms with E-state index >= 15 is 0 Å². The lowest BCUT2D eigenvalue weighted by molar-refractivity contribution is -0.124. The van der Waals surface area contributed by atoms with E-state index in [2.05, 4.69) is 10.6 Å². The van der Waals surface area contributed by atoms with Gasteiger partial charge in [-0.25, -0.2) is 12.8 Å². The number of benzene rings is 1. The van der Waals surface area contributed by atoms with Gasteiger partial charge in [-0.2, -0.15) is 0 Å². The Labute approximate surface area is 133 Å². The number of hydrogen-bond acceptors (Lipinski definition) is 4. The van der Waals surface area contributed by atoms with Gasteiger partial charge in [0, 0.05) is 18.2 Å². The Morgan fingerprint density at radius 1 is 1.26 bits per heavy atom. The standard InChI is InChI=1S/C15H17FN2O4S/c1-10-2-3-12(16)13(8-10)18-15(20)5-4-14(19)17-11-6-7-23(21,22)9-11/h2-3,6-8,11H,4-5,9H2,1H3,(H,17,19)(H,18,20). The van der Waals surface area contributed by atoms with Gasteiger partial charge in [0.05, 0.1) is 17.5 Å². The summed E-state index contributed by atoms with van der Waals surface area (Å²) in [5.74, 6) is -1.63. The molecule has 2 rings (SSSR count). The number of carbonyl (C=O) groups is 2. The average molecular weight is 340 g/mol. The van der Waals surface area contributed by atoms with E-state index < -0.39 is 33.5 Å². The summed E-state index contributed by atoms with van der Waals surface area (Å²) in [6.07, 6.45) is 1.17. The highest BCUT2D eigenvalue weighted by Crippen LogP contribution is 2.16. The van der Waals surface area contributed by atoms with Crippen LogP contribution in [0.4, 0.5) is 10.1 Å². The van der Waals surface area contributed by atoms with Crippen LogP contribution >= 0.6 is 0 Å². The molecule has 8 heteroatoms. The molecule has 0 aromatic heterocycles. The Balaban J connectivity index is 1.79. The van der Waals surface area contributed by atoms with Crippen molar-refractivity contribution >= 4 is 27.3 Å². The van der Waals surface area contributed by atoms with E-state index in [1.54, 1.807) is 13.0 Å². The van der Waals surface area contributed by atoms with Crippen molar-refractivity contribution in [2.45, 2.75) is 25.8 Å². The summed E-state index contributed by atoms with van der Waals surface area (Å²) in [7, 11) is -3.24. The summed E-state index contributed by atoms with van der Waals surface area (Å²) in [4.78, 5) is 23.4. The normalized spacial score (nSPS) is 18.6. The molecule has 2 amide bonds. The molecule has 0 saturated heterocycles. The van der Waals surface area contributed by atoms with E-state index in [0.717, 1.165) is 11.0 Å². The van der Waals surface area contributed by atoms with Gasteiger partial charge in [0.2, 0.25) is 11.8 Å². The van der Waals surface area contributed by atoms with Crippen LogP contribution in [0.2, 0.25) is 0 Å². The fourth-order valence-corrected chi connectivity index (χ4v) is 3.35. The first-order chi connectivity index (χ1) is 10.7. The van der Waals surface area contributed by atoms with Crippen molar-refractivity contribution in [2.24, 2.45) is 0 Å². The van der Waals surface area contributed by atoms with E-state index in [1.807, 2.05) is 0 Å². The van der Waals surface area contributed by atoms with E-state index in [0.29, 0.717) is 0 Å². The van der Waals surface area contributed by atoms with Gasteiger partial charge in [0.25, 0.3) is 0 Å². The lowest BCUT2D eigenvalue weighted by atomic mass is 10.2. The van der Waals surface area contributed by atoms with Crippen molar-refractivity contribution in [1.82, 2.24) is 5.32 Å². The van der Waals surface area contributed by atoms with E-state index in [9.17, 15) is 22.4 Å². The van der Waals surface area contributed by atoms with Gasteiger partial charge >= 0.3 is 0 Å². The summed E-state index contributed by atoms with van der Waals surface area (Å²) >= 11 is 0. The number of rotatable bonds is 5. The van der Waals surface area contributed by atoms with Gasteiger partial charge in [-0.1, -0.05) is 6.07 Å². The Kier molecular flexibility index (Phi) is 5.15. The van der Waals surface area contributed by atoms with Gasteiger partial charge in [-0.3, -0.25) is 9.59 Å². The van der Waals surface area contributed by atoms with Gasteiger partial charge < -0.3 is 10.6 Å². The maximum Gasteiger partial charge on any atom is 0.224 e. The molecule has 1 heterocycles. The highest BCUT2D eigenvalue weighted by Gasteiger charge is 2.23. The molecular weight excluding hydrogens is 323 g/mol. The lowest BCUT2D eigenvalue weighted by Gasteiger charge is -2.10. The lowest BCUT2D eigenvalue weighted by Crippen LogP contribution is -2.35. The number of carbonyl (C=O) groups excluding carboxylic acids is 2. The first-order valence-electron chi connectivity index (χ1n) is 7.01. The number of halogens is 1. The minimum absolute atomic E-state index is 0.0697. The minimum atomic E-state index is -3.24. The second kappa shape index (κ2) is 6.91. The second-order valence-electron chi connectivity index (χ2n) is 5.36. The molecule has 0 radical (unpaired) electrons. The number of amides is 2. The molecule has 1 atom stereocenters. The molecule has 0 fully saturated rings. The first kappa shape index (κ1) is 17.1. The molecule has 1 aromatic rings. The van der Waals surface area contributed by atoms with Crippen LogP contribution in [0, 0.1) is 12.7 Å². The quantitative estimate of drug-likeness (QED) is 0.844. The predicted molar refractivity (Wildman–Crippen MR) is 83.9 cm³/mol. The fraction of sp³-hybridized carbons (Fsp3) is 0.333. The van der Waals surface area contributed by atoms with E-state index in [-0.39, 0.29) is 24.3 Å². The SMILES string of the molecule is Cc1ccc(F)c(NC(=O)CCC(=O)NC2C=CS(=O)(=O)C2)c1. The van der Waals surface area contributed by atoms with E-state index in [4.69, 9.17) is 0 Å². The average Bonchev–Trinajstić information content (AvgIpc) is 2.79. The highest BCUT2D eigenvalue weighted by atomic mass is 32.2. The Hall–Kier alpha value is -2.22. The Morgan fingerprint density at radius 2 is 1.96 bits per heavy atom. The summed E-state index contributed by atoms with van der Waals surface area (Å²) in [6.45, 7) is 1.77. The summed E-state index contributed by atoms with van der Waals surface area (Å²) in [5, 5.41) is 5.99. The summed E-state index contributed by atoms with van der Waals surface area (Å²) in [5.41, 5.74) is 0.869. The zero-order chi connectivity index (χ0) is 17.0. The minimum Gasteiger partial charge on any atom is -0.349 e. The van der Waals surface area contributed by atoms with Crippen LogP contribution in [0.1, 0.15) is 18.4 Å². The van der Waals surface area contributed by atoms with Crippen LogP contribution in [0.5, 0.6) is 0 Å². The molecular formula is C15H17FN2O4S. The van der Waals surface area contributed by atoms with Crippen molar-refractivity contribution in [3.63, 3.8) is 0 Å². The third-order valence-electron chi connectivity index (χ3n) is 3.25. The van der Waals surface area contributed by atoms with Crippen molar-refractivity contribution in [2.75, 3.05) is 11.1 Å². The van der Waals surface area contributed by atoms with Crippen LogP contribution in [-0.4, -0.2) is 32.0 Å². The van der Waals surface area contributed by atoms with Crippen LogP contribution in [0.3, 0.4) is 0 Å². The monoisotopic (exact) mass is 340 g/mol. The third-order valence-corrected chi connectivity index (χ3v) is 4.65. The molecule has 0 bridgehead atoms. The van der Waals surface area contributed by atoms with Gasteiger partial charge in [0.1, 0.15) is 5.82 Å². The van der Waals surface area contributed by atoms with Crippen LogP contribution in [-0.2, 0) is 19.4 Å². The van der Waals surface area contributed by atoms with Gasteiger partial charge in [0.15, 0.2) is 9.84 Å². The van der Waals surface area contributed by atoms with Crippen LogP contribution in [0.15, 0.2) is 29.7 Å². The third kappa shape index (κ3) is 5.17. The van der Waals surface area contributed by atoms with Crippen molar-refractivity contribution < 1.29 is 22.4 Å². The topological polar surface area (TPSA) is 92.3 Å². The smallest absolute Gasteiger partial charge is 0.224 e. The molecule has 124 valence electrons. The summed E-state index contributed by atoms with van der Waals surface area (Å²) in [6, 6.07) is 3.78.